The number of anilines is 1. The molecule has 1 aromatic carbocycles. The molecule has 1 heterocycles. The number of nitrogens with zero attached hydrogens (tertiary/aromatic N) is 1. The SMILES string of the molecule is Fc1ccccc1CCNc1ncccc1Cl. The van der Waals surface area contributed by atoms with Crippen LogP contribution in [0.1, 0.15) is 5.56 Å². The maximum Gasteiger partial charge on any atom is 0.144 e. The number of pyridine rings is 1. The van der Waals surface area contributed by atoms with Gasteiger partial charge in [-0.05, 0) is 30.2 Å². The van der Waals surface area contributed by atoms with Gasteiger partial charge in [-0.2, -0.15) is 0 Å². The number of nitrogens with one attached hydrogen (secondary N) is 1. The van der Waals surface area contributed by atoms with Crippen LogP contribution in [0.15, 0.2) is 42.6 Å². The van der Waals surface area contributed by atoms with Crippen molar-refractivity contribution in [2.45, 2.75) is 6.42 Å². The minimum absolute atomic E-state index is 0.179. The van der Waals surface area contributed by atoms with E-state index in [0.29, 0.717) is 29.4 Å². The summed E-state index contributed by atoms with van der Waals surface area (Å²) in [5.74, 6) is 0.451. The van der Waals surface area contributed by atoms with Crippen LogP contribution >= 0.6 is 11.6 Å². The average molecular weight is 251 g/mol. The summed E-state index contributed by atoms with van der Waals surface area (Å²) in [5, 5.41) is 3.65. The van der Waals surface area contributed by atoms with E-state index >= 15 is 0 Å². The molecule has 0 saturated carbocycles. The van der Waals surface area contributed by atoms with E-state index in [1.807, 2.05) is 6.07 Å². The van der Waals surface area contributed by atoms with Crippen molar-refractivity contribution >= 4 is 17.4 Å². The summed E-state index contributed by atoms with van der Waals surface area (Å²) < 4.78 is 13.3. The quantitative estimate of drug-likeness (QED) is 0.898. The molecular weight excluding hydrogens is 239 g/mol. The monoisotopic (exact) mass is 250 g/mol. The summed E-state index contributed by atoms with van der Waals surface area (Å²) in [4.78, 5) is 4.10. The lowest BCUT2D eigenvalue weighted by molar-refractivity contribution is 0.610. The Bertz CT molecular complexity index is 457. The van der Waals surface area contributed by atoms with Gasteiger partial charge in [0, 0.05) is 12.7 Å². The first-order valence-corrected chi connectivity index (χ1v) is 5.73. The zero-order valence-corrected chi connectivity index (χ0v) is 9.91. The number of hydrogen-bond acceptors (Lipinski definition) is 2. The van der Waals surface area contributed by atoms with Crippen molar-refractivity contribution in [1.82, 2.24) is 4.98 Å². The van der Waals surface area contributed by atoms with Gasteiger partial charge < -0.3 is 5.32 Å². The number of halogens is 2. The van der Waals surface area contributed by atoms with Crippen molar-refractivity contribution in [3.8, 4) is 0 Å². The Morgan fingerprint density at radius 1 is 1.18 bits per heavy atom. The van der Waals surface area contributed by atoms with Gasteiger partial charge in [-0.3, -0.25) is 0 Å². The third kappa shape index (κ3) is 3.17. The molecule has 0 saturated heterocycles. The lowest BCUT2D eigenvalue weighted by Gasteiger charge is -2.07. The van der Waals surface area contributed by atoms with Gasteiger partial charge in [-0.1, -0.05) is 29.8 Å². The number of aromatic nitrogens is 1. The van der Waals surface area contributed by atoms with Crippen LogP contribution in [0.5, 0.6) is 0 Å². The standard InChI is InChI=1S/C13H12ClFN2/c14-11-5-3-8-16-13(11)17-9-7-10-4-1-2-6-12(10)15/h1-6,8H,7,9H2,(H,16,17). The van der Waals surface area contributed by atoms with Crippen molar-refractivity contribution in [2.75, 3.05) is 11.9 Å². The molecular formula is C13H12ClFN2. The third-order valence-electron chi connectivity index (χ3n) is 2.40. The Morgan fingerprint density at radius 3 is 2.76 bits per heavy atom. The summed E-state index contributed by atoms with van der Waals surface area (Å²) >= 11 is 5.94. The molecule has 1 aromatic heterocycles. The molecule has 88 valence electrons. The van der Waals surface area contributed by atoms with Crippen LogP contribution in [0.2, 0.25) is 5.02 Å². The largest absolute Gasteiger partial charge is 0.369 e. The van der Waals surface area contributed by atoms with Crippen molar-refractivity contribution in [2.24, 2.45) is 0 Å². The molecule has 0 radical (unpaired) electrons. The van der Waals surface area contributed by atoms with Crippen molar-refractivity contribution < 1.29 is 4.39 Å². The second-order valence-electron chi connectivity index (χ2n) is 3.60. The van der Waals surface area contributed by atoms with E-state index in [1.165, 1.54) is 6.07 Å². The highest BCUT2D eigenvalue weighted by Gasteiger charge is 2.02. The van der Waals surface area contributed by atoms with E-state index < -0.39 is 0 Å². The first-order chi connectivity index (χ1) is 8.27. The van der Waals surface area contributed by atoms with Crippen molar-refractivity contribution in [1.29, 1.82) is 0 Å². The van der Waals surface area contributed by atoms with E-state index in [1.54, 1.807) is 30.5 Å². The maximum atomic E-state index is 13.3. The first kappa shape index (κ1) is 11.9. The van der Waals surface area contributed by atoms with Crippen LogP contribution in [0.3, 0.4) is 0 Å². The summed E-state index contributed by atoms with van der Waals surface area (Å²) in [6.07, 6.45) is 2.26. The molecule has 4 heteroatoms. The number of rotatable bonds is 4. The molecule has 0 aliphatic carbocycles. The molecule has 0 aliphatic rings. The molecule has 2 aromatic rings. The smallest absolute Gasteiger partial charge is 0.144 e. The second kappa shape index (κ2) is 5.64. The summed E-state index contributed by atoms with van der Waals surface area (Å²) in [6.45, 7) is 0.595. The Labute approximate surface area is 104 Å². The van der Waals surface area contributed by atoms with Gasteiger partial charge in [0.15, 0.2) is 0 Å². The predicted octanol–water partition coefficient (Wildman–Crippen LogP) is 3.53. The lowest BCUT2D eigenvalue weighted by atomic mass is 10.1. The fraction of sp³-hybridized carbons (Fsp3) is 0.154. The highest BCUT2D eigenvalue weighted by molar-refractivity contribution is 6.32. The van der Waals surface area contributed by atoms with E-state index in [9.17, 15) is 4.39 Å². The number of benzene rings is 1. The summed E-state index contributed by atoms with van der Waals surface area (Å²) in [7, 11) is 0. The van der Waals surface area contributed by atoms with Gasteiger partial charge in [0.1, 0.15) is 11.6 Å². The minimum Gasteiger partial charge on any atom is -0.369 e. The molecule has 0 aliphatic heterocycles. The van der Waals surface area contributed by atoms with Crippen molar-refractivity contribution in [3.63, 3.8) is 0 Å². The average Bonchev–Trinajstić information content (AvgIpc) is 2.34. The van der Waals surface area contributed by atoms with Crippen LogP contribution in [0.25, 0.3) is 0 Å². The zero-order valence-electron chi connectivity index (χ0n) is 9.16. The zero-order chi connectivity index (χ0) is 12.1. The number of hydrogen-bond donors (Lipinski definition) is 1. The molecule has 0 spiro atoms. The Morgan fingerprint density at radius 2 is 2.00 bits per heavy atom. The molecule has 0 atom stereocenters. The molecule has 0 amide bonds. The normalized spacial score (nSPS) is 10.2. The second-order valence-corrected chi connectivity index (χ2v) is 4.01. The fourth-order valence-corrected chi connectivity index (χ4v) is 1.72. The van der Waals surface area contributed by atoms with Gasteiger partial charge >= 0.3 is 0 Å². The van der Waals surface area contributed by atoms with Crippen molar-refractivity contribution in [3.05, 3.63) is 59.0 Å². The van der Waals surface area contributed by atoms with Crippen LogP contribution < -0.4 is 5.32 Å². The molecule has 0 bridgehead atoms. The molecule has 2 nitrogen and oxygen atoms in total. The molecule has 17 heavy (non-hydrogen) atoms. The van der Waals surface area contributed by atoms with E-state index in [-0.39, 0.29) is 5.82 Å². The Kier molecular flexibility index (Phi) is 3.94. The van der Waals surface area contributed by atoms with E-state index in [2.05, 4.69) is 10.3 Å². The van der Waals surface area contributed by atoms with Gasteiger partial charge in [-0.15, -0.1) is 0 Å². The van der Waals surface area contributed by atoms with Crippen LogP contribution in [0, 0.1) is 5.82 Å². The molecule has 0 fully saturated rings. The summed E-state index contributed by atoms with van der Waals surface area (Å²) in [6, 6.07) is 10.3. The van der Waals surface area contributed by atoms with E-state index in [4.69, 9.17) is 11.6 Å². The molecule has 2 rings (SSSR count). The molecule has 1 N–H and O–H groups in total. The third-order valence-corrected chi connectivity index (χ3v) is 2.71. The Hall–Kier alpha value is -1.61. The molecule has 0 unspecified atom stereocenters. The van der Waals surface area contributed by atoms with Crippen LogP contribution in [-0.4, -0.2) is 11.5 Å². The van der Waals surface area contributed by atoms with Gasteiger partial charge in [-0.25, -0.2) is 9.37 Å². The summed E-state index contributed by atoms with van der Waals surface area (Å²) in [5.41, 5.74) is 0.687. The van der Waals surface area contributed by atoms with E-state index in [0.717, 1.165) is 0 Å². The van der Waals surface area contributed by atoms with Crippen LogP contribution in [0.4, 0.5) is 10.2 Å². The Balaban J connectivity index is 1.93. The van der Waals surface area contributed by atoms with Gasteiger partial charge in [0.2, 0.25) is 0 Å². The lowest BCUT2D eigenvalue weighted by Crippen LogP contribution is -2.07. The predicted molar refractivity (Wildman–Crippen MR) is 67.8 cm³/mol. The fourth-order valence-electron chi connectivity index (χ4n) is 1.53. The maximum absolute atomic E-state index is 13.3. The first-order valence-electron chi connectivity index (χ1n) is 5.35. The van der Waals surface area contributed by atoms with Gasteiger partial charge in [0.25, 0.3) is 0 Å². The minimum atomic E-state index is -0.179. The highest BCUT2D eigenvalue weighted by atomic mass is 35.5. The van der Waals surface area contributed by atoms with Gasteiger partial charge in [0.05, 0.1) is 5.02 Å². The van der Waals surface area contributed by atoms with Crippen LogP contribution in [-0.2, 0) is 6.42 Å². The topological polar surface area (TPSA) is 24.9 Å². The highest BCUT2D eigenvalue weighted by Crippen LogP contribution is 2.17.